The Labute approximate surface area is 134 Å². The molecule has 0 radical (unpaired) electrons. The standard InChI is InChI=1S/C14H14F3NO4S/c1-7(19)23-6-5-10(14(21)22-2)18-13(20)11-8(15)3-4-9(16)12(11)17/h3-4,10H,5-6H2,1-2H3,(H,18,20). The zero-order chi connectivity index (χ0) is 17.6. The molecule has 0 spiro atoms. The van der Waals surface area contributed by atoms with Crippen molar-refractivity contribution in [2.24, 2.45) is 0 Å². The van der Waals surface area contributed by atoms with Crippen LogP contribution in [0.4, 0.5) is 13.2 Å². The van der Waals surface area contributed by atoms with Gasteiger partial charge in [0.15, 0.2) is 16.7 Å². The molecular weight excluding hydrogens is 335 g/mol. The minimum Gasteiger partial charge on any atom is -0.467 e. The van der Waals surface area contributed by atoms with E-state index in [1.165, 1.54) is 6.92 Å². The third-order valence-electron chi connectivity index (χ3n) is 2.77. The number of esters is 1. The van der Waals surface area contributed by atoms with Crippen molar-refractivity contribution in [2.45, 2.75) is 19.4 Å². The number of hydrogen-bond acceptors (Lipinski definition) is 5. The molecule has 0 saturated carbocycles. The fourth-order valence-corrected chi connectivity index (χ4v) is 2.32. The molecule has 1 unspecified atom stereocenters. The zero-order valence-corrected chi connectivity index (χ0v) is 13.1. The minimum atomic E-state index is -1.65. The molecule has 1 N–H and O–H groups in total. The molecule has 0 aliphatic carbocycles. The van der Waals surface area contributed by atoms with Crippen LogP contribution in [0, 0.1) is 17.5 Å². The van der Waals surface area contributed by atoms with Gasteiger partial charge in [0, 0.05) is 12.7 Å². The third-order valence-corrected chi connectivity index (χ3v) is 3.62. The van der Waals surface area contributed by atoms with Crippen LogP contribution < -0.4 is 5.32 Å². The molecule has 23 heavy (non-hydrogen) atoms. The van der Waals surface area contributed by atoms with Gasteiger partial charge in [0.2, 0.25) is 0 Å². The van der Waals surface area contributed by atoms with E-state index in [9.17, 15) is 27.6 Å². The fourth-order valence-electron chi connectivity index (χ4n) is 1.68. The summed E-state index contributed by atoms with van der Waals surface area (Å²) in [7, 11) is 1.07. The average molecular weight is 349 g/mol. The summed E-state index contributed by atoms with van der Waals surface area (Å²) in [6.45, 7) is 1.33. The Bertz CT molecular complexity index is 624. The first-order valence-electron chi connectivity index (χ1n) is 6.43. The number of methoxy groups -OCH3 is 1. The van der Waals surface area contributed by atoms with Gasteiger partial charge >= 0.3 is 5.97 Å². The lowest BCUT2D eigenvalue weighted by Gasteiger charge is -2.16. The van der Waals surface area contributed by atoms with Crippen molar-refractivity contribution in [1.29, 1.82) is 0 Å². The molecule has 0 aliphatic rings. The van der Waals surface area contributed by atoms with Gasteiger partial charge in [-0.2, -0.15) is 0 Å². The van der Waals surface area contributed by atoms with Crippen molar-refractivity contribution < 1.29 is 32.3 Å². The number of carbonyl (C=O) groups is 3. The van der Waals surface area contributed by atoms with Gasteiger partial charge < -0.3 is 10.1 Å². The molecule has 0 heterocycles. The first-order chi connectivity index (χ1) is 10.8. The second-order valence-electron chi connectivity index (χ2n) is 4.40. The first kappa shape index (κ1) is 19.0. The lowest BCUT2D eigenvalue weighted by atomic mass is 10.1. The Balaban J connectivity index is 2.91. The molecule has 5 nitrogen and oxygen atoms in total. The maximum Gasteiger partial charge on any atom is 0.328 e. The second-order valence-corrected chi connectivity index (χ2v) is 5.67. The Morgan fingerprint density at radius 1 is 1.22 bits per heavy atom. The quantitative estimate of drug-likeness (QED) is 0.629. The summed E-state index contributed by atoms with van der Waals surface area (Å²) < 4.78 is 44.7. The molecule has 1 atom stereocenters. The van der Waals surface area contributed by atoms with Crippen LogP contribution >= 0.6 is 11.8 Å². The van der Waals surface area contributed by atoms with Crippen LogP contribution in [0.1, 0.15) is 23.7 Å². The summed E-state index contributed by atoms with van der Waals surface area (Å²) in [4.78, 5) is 34.4. The van der Waals surface area contributed by atoms with E-state index >= 15 is 0 Å². The molecule has 0 aliphatic heterocycles. The zero-order valence-electron chi connectivity index (χ0n) is 12.3. The molecule has 0 fully saturated rings. The summed E-state index contributed by atoms with van der Waals surface area (Å²) in [5, 5.41) is 1.89. The van der Waals surface area contributed by atoms with Crippen LogP contribution in [-0.4, -0.2) is 35.9 Å². The summed E-state index contributed by atoms with van der Waals surface area (Å²) >= 11 is 0.913. The number of ether oxygens (including phenoxy) is 1. The highest BCUT2D eigenvalue weighted by molar-refractivity contribution is 8.13. The number of benzene rings is 1. The van der Waals surface area contributed by atoms with E-state index in [0.29, 0.717) is 12.1 Å². The van der Waals surface area contributed by atoms with Crippen molar-refractivity contribution in [2.75, 3.05) is 12.9 Å². The maximum absolute atomic E-state index is 13.6. The number of hydrogen-bond donors (Lipinski definition) is 1. The van der Waals surface area contributed by atoms with Crippen molar-refractivity contribution >= 4 is 28.8 Å². The van der Waals surface area contributed by atoms with Gasteiger partial charge in [-0.05, 0) is 18.6 Å². The van der Waals surface area contributed by atoms with Crippen LogP contribution in [0.25, 0.3) is 0 Å². The van der Waals surface area contributed by atoms with Gasteiger partial charge in [-0.25, -0.2) is 18.0 Å². The first-order valence-corrected chi connectivity index (χ1v) is 7.42. The van der Waals surface area contributed by atoms with Crippen LogP contribution in [0.15, 0.2) is 12.1 Å². The largest absolute Gasteiger partial charge is 0.467 e. The van der Waals surface area contributed by atoms with Crippen molar-refractivity contribution in [3.8, 4) is 0 Å². The predicted molar refractivity (Wildman–Crippen MR) is 77.3 cm³/mol. The van der Waals surface area contributed by atoms with Crippen LogP contribution in [0.5, 0.6) is 0 Å². The Morgan fingerprint density at radius 2 is 1.83 bits per heavy atom. The Hall–Kier alpha value is -2.03. The Morgan fingerprint density at radius 3 is 2.39 bits per heavy atom. The van der Waals surface area contributed by atoms with Crippen LogP contribution in [0.2, 0.25) is 0 Å². The highest BCUT2D eigenvalue weighted by Crippen LogP contribution is 2.16. The molecule has 126 valence electrons. The van der Waals surface area contributed by atoms with Gasteiger partial charge in [-0.15, -0.1) is 0 Å². The van der Waals surface area contributed by atoms with E-state index < -0.39 is 40.9 Å². The molecule has 1 aromatic carbocycles. The topological polar surface area (TPSA) is 72.5 Å². The SMILES string of the molecule is COC(=O)C(CCSC(C)=O)NC(=O)c1c(F)ccc(F)c1F. The lowest BCUT2D eigenvalue weighted by Crippen LogP contribution is -2.42. The van der Waals surface area contributed by atoms with Gasteiger partial charge in [0.25, 0.3) is 5.91 Å². The predicted octanol–water partition coefficient (Wildman–Crippen LogP) is 2.05. The molecule has 0 bridgehead atoms. The fraction of sp³-hybridized carbons (Fsp3) is 0.357. The molecule has 1 rings (SSSR count). The molecule has 0 aromatic heterocycles. The monoisotopic (exact) mass is 349 g/mol. The number of nitrogens with one attached hydrogen (secondary N) is 1. The highest BCUT2D eigenvalue weighted by atomic mass is 32.2. The summed E-state index contributed by atoms with van der Waals surface area (Å²) in [6.07, 6.45) is 0.00120. The van der Waals surface area contributed by atoms with Gasteiger partial charge in [-0.1, -0.05) is 11.8 Å². The minimum absolute atomic E-state index is 0.00120. The van der Waals surface area contributed by atoms with Gasteiger partial charge in [-0.3, -0.25) is 9.59 Å². The number of rotatable bonds is 6. The van der Waals surface area contributed by atoms with Crippen molar-refractivity contribution in [3.63, 3.8) is 0 Å². The van der Waals surface area contributed by atoms with E-state index in [-0.39, 0.29) is 17.3 Å². The van der Waals surface area contributed by atoms with E-state index in [4.69, 9.17) is 0 Å². The Kier molecular flexibility index (Phi) is 7.08. The van der Waals surface area contributed by atoms with Gasteiger partial charge in [0.05, 0.1) is 7.11 Å². The molecule has 0 saturated heterocycles. The summed E-state index contributed by atoms with van der Waals surface area (Å²) in [5.41, 5.74) is -1.13. The van der Waals surface area contributed by atoms with E-state index in [1.54, 1.807) is 0 Å². The maximum atomic E-state index is 13.6. The number of carbonyl (C=O) groups excluding carboxylic acids is 3. The van der Waals surface area contributed by atoms with E-state index in [0.717, 1.165) is 18.9 Å². The molecule has 9 heteroatoms. The van der Waals surface area contributed by atoms with Gasteiger partial charge in [0.1, 0.15) is 17.4 Å². The number of halogens is 3. The molecular formula is C14H14F3NO4S. The third kappa shape index (κ3) is 5.27. The van der Waals surface area contributed by atoms with E-state index in [2.05, 4.69) is 10.1 Å². The highest BCUT2D eigenvalue weighted by Gasteiger charge is 2.26. The van der Waals surface area contributed by atoms with Crippen molar-refractivity contribution in [1.82, 2.24) is 5.32 Å². The number of amides is 1. The molecule has 1 aromatic rings. The average Bonchev–Trinajstić information content (AvgIpc) is 2.49. The van der Waals surface area contributed by atoms with E-state index in [1.807, 2.05) is 0 Å². The van der Waals surface area contributed by atoms with Crippen LogP contribution in [-0.2, 0) is 14.3 Å². The second kappa shape index (κ2) is 8.56. The van der Waals surface area contributed by atoms with Crippen molar-refractivity contribution in [3.05, 3.63) is 35.1 Å². The number of thioether (sulfide) groups is 1. The molecule has 1 amide bonds. The normalized spacial score (nSPS) is 11.7. The summed E-state index contributed by atoms with van der Waals surface area (Å²) in [6, 6.07) is -0.0733. The van der Waals surface area contributed by atoms with Crippen LogP contribution in [0.3, 0.4) is 0 Å². The lowest BCUT2D eigenvalue weighted by molar-refractivity contribution is -0.142. The summed E-state index contributed by atoms with van der Waals surface area (Å²) in [5.74, 6) is -6.25. The smallest absolute Gasteiger partial charge is 0.328 e.